The summed E-state index contributed by atoms with van der Waals surface area (Å²) in [7, 11) is 0. The molecule has 0 amide bonds. The Morgan fingerprint density at radius 1 is 0.741 bits per heavy atom. The summed E-state index contributed by atoms with van der Waals surface area (Å²) in [6.07, 6.45) is 13.0. The summed E-state index contributed by atoms with van der Waals surface area (Å²) in [6.45, 7) is 0. The highest BCUT2D eigenvalue weighted by atomic mass is 15.2. The predicted molar refractivity (Wildman–Crippen MR) is 99.2 cm³/mol. The minimum atomic E-state index is 0.740. The van der Waals surface area contributed by atoms with Crippen molar-refractivity contribution in [3.05, 3.63) is 73.8 Å². The zero-order valence-corrected chi connectivity index (χ0v) is 14.0. The molecule has 6 heterocycles. The fourth-order valence-corrected chi connectivity index (χ4v) is 3.17. The highest BCUT2D eigenvalue weighted by Crippen LogP contribution is 2.22. The van der Waals surface area contributed by atoms with Gasteiger partial charge in [-0.1, -0.05) is 6.07 Å². The Kier molecular flexibility index (Phi) is 2.73. The first-order chi connectivity index (χ1) is 13.3. The third-order valence-corrected chi connectivity index (χ3v) is 4.53. The van der Waals surface area contributed by atoms with Gasteiger partial charge in [0, 0.05) is 36.4 Å². The van der Waals surface area contributed by atoms with Crippen molar-refractivity contribution >= 4 is 16.9 Å². The zero-order valence-electron chi connectivity index (χ0n) is 14.0. The molecule has 27 heavy (non-hydrogen) atoms. The van der Waals surface area contributed by atoms with Crippen LogP contribution < -0.4 is 0 Å². The topological polar surface area (TPSA) is 77.7 Å². The number of nitrogens with zero attached hydrogens (tertiary/aromatic N) is 8. The van der Waals surface area contributed by atoms with E-state index in [1.807, 2.05) is 63.9 Å². The molecule has 6 aromatic heterocycles. The van der Waals surface area contributed by atoms with Crippen molar-refractivity contribution in [1.29, 1.82) is 0 Å². The van der Waals surface area contributed by atoms with E-state index in [4.69, 9.17) is 0 Å². The second-order valence-electron chi connectivity index (χ2n) is 6.23. The van der Waals surface area contributed by atoms with Crippen molar-refractivity contribution in [2.75, 3.05) is 0 Å². The van der Waals surface area contributed by atoms with Gasteiger partial charge >= 0.3 is 0 Å². The van der Waals surface area contributed by atoms with Gasteiger partial charge in [0.15, 0.2) is 5.65 Å². The van der Waals surface area contributed by atoms with Crippen LogP contribution in [0.5, 0.6) is 0 Å². The first-order valence-corrected chi connectivity index (χ1v) is 8.42. The molecule has 6 aromatic rings. The van der Waals surface area contributed by atoms with Gasteiger partial charge in [-0.15, -0.1) is 0 Å². The molecule has 6 rings (SSSR count). The average molecular weight is 352 g/mol. The Labute approximate surface area is 152 Å². The SMILES string of the molecule is c1ccn2cc(-c3cnn4cc(-c5cc6nccn6cn5)nc4c3)nc2c1. The quantitative estimate of drug-likeness (QED) is 0.479. The molecule has 0 bridgehead atoms. The summed E-state index contributed by atoms with van der Waals surface area (Å²) in [5.41, 5.74) is 5.75. The maximum Gasteiger partial charge on any atom is 0.154 e. The van der Waals surface area contributed by atoms with Crippen molar-refractivity contribution in [3.8, 4) is 22.6 Å². The Morgan fingerprint density at radius 2 is 1.70 bits per heavy atom. The van der Waals surface area contributed by atoms with Gasteiger partial charge in [-0.05, 0) is 18.2 Å². The number of rotatable bonds is 2. The minimum absolute atomic E-state index is 0.740. The molecule has 0 unspecified atom stereocenters. The first-order valence-electron chi connectivity index (χ1n) is 8.42. The molecule has 0 aliphatic heterocycles. The molecule has 128 valence electrons. The predicted octanol–water partition coefficient (Wildman–Crippen LogP) is 2.75. The van der Waals surface area contributed by atoms with Gasteiger partial charge in [0.1, 0.15) is 23.3 Å². The normalized spacial score (nSPS) is 11.7. The number of aromatic nitrogens is 8. The van der Waals surface area contributed by atoms with E-state index in [9.17, 15) is 0 Å². The van der Waals surface area contributed by atoms with E-state index in [0.29, 0.717) is 0 Å². The molecule has 0 N–H and O–H groups in total. The van der Waals surface area contributed by atoms with Crippen LogP contribution in [0.2, 0.25) is 0 Å². The second kappa shape index (κ2) is 5.21. The number of hydrogen-bond donors (Lipinski definition) is 0. The first kappa shape index (κ1) is 14.1. The lowest BCUT2D eigenvalue weighted by Crippen LogP contribution is -1.90. The monoisotopic (exact) mass is 352 g/mol. The van der Waals surface area contributed by atoms with Crippen LogP contribution in [0.15, 0.2) is 73.8 Å². The van der Waals surface area contributed by atoms with Gasteiger partial charge in [0.05, 0.1) is 23.8 Å². The average Bonchev–Trinajstić information content (AvgIpc) is 3.42. The van der Waals surface area contributed by atoms with Crippen LogP contribution in [0.1, 0.15) is 0 Å². The number of imidazole rings is 3. The van der Waals surface area contributed by atoms with Crippen LogP contribution in [-0.4, -0.2) is 38.4 Å². The summed E-state index contributed by atoms with van der Waals surface area (Å²) in [4.78, 5) is 18.1. The molecule has 0 aliphatic carbocycles. The molecule has 0 radical (unpaired) electrons. The molecular formula is C19H12N8. The Morgan fingerprint density at radius 3 is 2.67 bits per heavy atom. The number of fused-ring (bicyclic) bond motifs is 3. The molecule has 0 spiro atoms. The molecular weight excluding hydrogens is 340 g/mol. The summed E-state index contributed by atoms with van der Waals surface area (Å²) in [6, 6.07) is 9.81. The van der Waals surface area contributed by atoms with E-state index < -0.39 is 0 Å². The molecule has 0 aliphatic rings. The van der Waals surface area contributed by atoms with Crippen LogP contribution in [0.3, 0.4) is 0 Å². The van der Waals surface area contributed by atoms with Crippen molar-refractivity contribution < 1.29 is 0 Å². The largest absolute Gasteiger partial charge is 0.306 e. The minimum Gasteiger partial charge on any atom is -0.306 e. The fourth-order valence-electron chi connectivity index (χ4n) is 3.17. The van der Waals surface area contributed by atoms with Crippen LogP contribution in [-0.2, 0) is 0 Å². The highest BCUT2D eigenvalue weighted by molar-refractivity contribution is 5.68. The van der Waals surface area contributed by atoms with Crippen molar-refractivity contribution in [2.24, 2.45) is 0 Å². The molecule has 0 fully saturated rings. The van der Waals surface area contributed by atoms with E-state index in [1.54, 1.807) is 23.2 Å². The van der Waals surface area contributed by atoms with Gasteiger partial charge in [-0.3, -0.25) is 4.40 Å². The van der Waals surface area contributed by atoms with Crippen LogP contribution in [0.4, 0.5) is 0 Å². The van der Waals surface area contributed by atoms with Crippen LogP contribution >= 0.6 is 0 Å². The Balaban J connectivity index is 1.46. The zero-order chi connectivity index (χ0) is 17.8. The van der Waals surface area contributed by atoms with Crippen molar-refractivity contribution in [1.82, 2.24) is 38.4 Å². The molecule has 0 aromatic carbocycles. The maximum atomic E-state index is 4.68. The molecule has 0 saturated carbocycles. The van der Waals surface area contributed by atoms with Gasteiger partial charge in [-0.2, -0.15) is 5.10 Å². The van der Waals surface area contributed by atoms with E-state index in [2.05, 4.69) is 25.0 Å². The Hall–Kier alpha value is -4.07. The van der Waals surface area contributed by atoms with Crippen LogP contribution in [0, 0.1) is 0 Å². The lowest BCUT2D eigenvalue weighted by molar-refractivity contribution is 0.937. The number of pyridine rings is 1. The maximum absolute atomic E-state index is 4.68. The van der Waals surface area contributed by atoms with Crippen molar-refractivity contribution in [3.63, 3.8) is 0 Å². The fraction of sp³-hybridized carbons (Fsp3) is 0. The lowest BCUT2D eigenvalue weighted by atomic mass is 10.2. The van der Waals surface area contributed by atoms with Gasteiger partial charge in [0.25, 0.3) is 0 Å². The van der Waals surface area contributed by atoms with E-state index >= 15 is 0 Å². The Bertz CT molecular complexity index is 1410. The van der Waals surface area contributed by atoms with Crippen molar-refractivity contribution in [2.45, 2.75) is 0 Å². The van der Waals surface area contributed by atoms with Gasteiger partial charge in [-0.25, -0.2) is 24.5 Å². The second-order valence-corrected chi connectivity index (χ2v) is 6.23. The lowest BCUT2D eigenvalue weighted by Gasteiger charge is -1.96. The third-order valence-electron chi connectivity index (χ3n) is 4.53. The third kappa shape index (κ3) is 2.20. The highest BCUT2D eigenvalue weighted by Gasteiger charge is 2.11. The van der Waals surface area contributed by atoms with Gasteiger partial charge in [0.2, 0.25) is 0 Å². The van der Waals surface area contributed by atoms with Gasteiger partial charge < -0.3 is 4.40 Å². The number of hydrogen-bond acceptors (Lipinski definition) is 5. The van der Waals surface area contributed by atoms with E-state index in [1.165, 1.54) is 0 Å². The standard InChI is InChI=1S/C19H12N8/c1-2-5-25-10-15(23-17(25)3-1)13-7-19-24-16(11-27(19)22-9-13)14-8-18-20-4-6-26(18)12-21-14/h1-12H. The summed E-state index contributed by atoms with van der Waals surface area (Å²) in [5.74, 6) is 0. The molecule has 8 heteroatoms. The molecule has 0 saturated heterocycles. The molecule has 0 atom stereocenters. The summed E-state index contributed by atoms with van der Waals surface area (Å²) < 4.78 is 5.59. The summed E-state index contributed by atoms with van der Waals surface area (Å²) >= 11 is 0. The van der Waals surface area contributed by atoms with E-state index in [-0.39, 0.29) is 0 Å². The smallest absolute Gasteiger partial charge is 0.154 e. The van der Waals surface area contributed by atoms with Crippen LogP contribution in [0.25, 0.3) is 39.6 Å². The molecule has 8 nitrogen and oxygen atoms in total. The summed E-state index contributed by atoms with van der Waals surface area (Å²) in [5, 5.41) is 4.48. The van der Waals surface area contributed by atoms with E-state index in [0.717, 1.165) is 39.6 Å².